The number of hydrogen-bond donors (Lipinski definition) is 2. The molecule has 0 spiro atoms. The van der Waals surface area contributed by atoms with Gasteiger partial charge in [-0.3, -0.25) is 14.5 Å². The van der Waals surface area contributed by atoms with Gasteiger partial charge in [0.05, 0.1) is 19.1 Å². The lowest BCUT2D eigenvalue weighted by Crippen LogP contribution is -2.44. The first kappa shape index (κ1) is 20.4. The molecule has 144 valence electrons. The highest BCUT2D eigenvalue weighted by Crippen LogP contribution is 2.24. The van der Waals surface area contributed by atoms with Gasteiger partial charge in [-0.2, -0.15) is 0 Å². The molecule has 5 nitrogen and oxygen atoms in total. The molecule has 1 unspecified atom stereocenters. The number of hydrogen-bond acceptors (Lipinski definition) is 3. The van der Waals surface area contributed by atoms with Crippen LogP contribution in [0, 0.1) is 0 Å². The van der Waals surface area contributed by atoms with Crippen LogP contribution in [0.15, 0.2) is 18.2 Å². The van der Waals surface area contributed by atoms with Gasteiger partial charge in [-0.25, -0.2) is 0 Å². The second-order valence-electron chi connectivity index (χ2n) is 7.55. The van der Waals surface area contributed by atoms with Crippen LogP contribution in [0.1, 0.15) is 63.3 Å². The van der Waals surface area contributed by atoms with Gasteiger partial charge in [0, 0.05) is 6.04 Å². The van der Waals surface area contributed by atoms with Crippen molar-refractivity contribution >= 4 is 11.8 Å². The molecule has 0 saturated carbocycles. The Morgan fingerprint density at radius 2 is 1.62 bits per heavy atom. The summed E-state index contributed by atoms with van der Waals surface area (Å²) < 4.78 is 0. The molecule has 5 heteroatoms. The number of nitrogens with one attached hydrogen (secondary N) is 2. The fraction of sp³-hybridized carbons (Fsp3) is 0.619. The first-order valence-electron chi connectivity index (χ1n) is 9.81. The summed E-state index contributed by atoms with van der Waals surface area (Å²) in [5.74, 6) is -0.0909. The Balaban J connectivity index is 1.88. The lowest BCUT2D eigenvalue weighted by molar-refractivity contribution is -0.125. The highest BCUT2D eigenvalue weighted by atomic mass is 16.2. The van der Waals surface area contributed by atoms with Crippen LogP contribution >= 0.6 is 0 Å². The van der Waals surface area contributed by atoms with Gasteiger partial charge in [-0.1, -0.05) is 25.1 Å². The van der Waals surface area contributed by atoms with Crippen molar-refractivity contribution in [1.29, 1.82) is 0 Å². The van der Waals surface area contributed by atoms with E-state index < -0.39 is 0 Å². The van der Waals surface area contributed by atoms with E-state index in [1.165, 1.54) is 30.4 Å². The largest absolute Gasteiger partial charge is 0.353 e. The lowest BCUT2D eigenvalue weighted by Gasteiger charge is -2.23. The van der Waals surface area contributed by atoms with Crippen LogP contribution in [-0.2, 0) is 22.4 Å². The van der Waals surface area contributed by atoms with Gasteiger partial charge in [-0.05, 0) is 69.7 Å². The summed E-state index contributed by atoms with van der Waals surface area (Å²) in [5, 5.41) is 5.93. The van der Waals surface area contributed by atoms with Gasteiger partial charge in [-0.15, -0.1) is 0 Å². The van der Waals surface area contributed by atoms with E-state index in [2.05, 4.69) is 28.8 Å². The molecule has 1 atom stereocenters. The van der Waals surface area contributed by atoms with E-state index in [0.29, 0.717) is 6.54 Å². The first-order valence-corrected chi connectivity index (χ1v) is 9.81. The van der Waals surface area contributed by atoms with Crippen molar-refractivity contribution < 1.29 is 9.59 Å². The monoisotopic (exact) mass is 359 g/mol. The van der Waals surface area contributed by atoms with Gasteiger partial charge in [0.15, 0.2) is 0 Å². The van der Waals surface area contributed by atoms with E-state index in [0.717, 1.165) is 12.0 Å². The Kier molecular flexibility index (Phi) is 7.64. The van der Waals surface area contributed by atoms with E-state index in [-0.39, 0.29) is 37.0 Å². The maximum atomic E-state index is 12.4. The standard InChI is InChI=1S/C21H33N3O2/c1-5-24(13-20(25)22-15(2)3)14-21(26)23-16(4)18-11-10-17-8-6-7-9-19(17)12-18/h10-12,15-16H,5-9,13-14H2,1-4H3,(H,22,25)(H,23,26). The third-order valence-electron chi connectivity index (χ3n) is 4.88. The molecule has 2 rings (SSSR count). The summed E-state index contributed by atoms with van der Waals surface area (Å²) in [6.45, 7) is 8.98. The normalized spacial score (nSPS) is 14.8. The minimum atomic E-state index is -0.0468. The second kappa shape index (κ2) is 9.72. The van der Waals surface area contributed by atoms with E-state index in [1.807, 2.05) is 32.6 Å². The summed E-state index contributed by atoms with van der Waals surface area (Å²) >= 11 is 0. The van der Waals surface area contributed by atoms with Crippen LogP contribution in [0.3, 0.4) is 0 Å². The minimum Gasteiger partial charge on any atom is -0.353 e. The Morgan fingerprint density at radius 1 is 1.00 bits per heavy atom. The van der Waals surface area contributed by atoms with Crippen LogP contribution in [0.5, 0.6) is 0 Å². The zero-order valence-corrected chi connectivity index (χ0v) is 16.6. The Bertz CT molecular complexity index is 628. The highest BCUT2D eigenvalue weighted by molar-refractivity contribution is 5.81. The van der Waals surface area contributed by atoms with Crippen LogP contribution in [0.25, 0.3) is 0 Å². The maximum Gasteiger partial charge on any atom is 0.234 e. The maximum absolute atomic E-state index is 12.4. The van der Waals surface area contributed by atoms with Gasteiger partial charge in [0.25, 0.3) is 0 Å². The zero-order chi connectivity index (χ0) is 19.1. The Labute approximate surface area is 157 Å². The van der Waals surface area contributed by atoms with Gasteiger partial charge >= 0.3 is 0 Å². The van der Waals surface area contributed by atoms with Gasteiger partial charge in [0.2, 0.25) is 11.8 Å². The van der Waals surface area contributed by atoms with E-state index in [1.54, 1.807) is 0 Å². The molecular weight excluding hydrogens is 326 g/mol. The fourth-order valence-electron chi connectivity index (χ4n) is 3.45. The average molecular weight is 360 g/mol. The molecule has 0 bridgehead atoms. The molecule has 0 fully saturated rings. The molecule has 2 N–H and O–H groups in total. The van der Waals surface area contributed by atoms with Crippen molar-refractivity contribution in [2.45, 2.75) is 65.5 Å². The number of nitrogens with zero attached hydrogens (tertiary/aromatic N) is 1. The van der Waals surface area contributed by atoms with Crippen molar-refractivity contribution in [3.63, 3.8) is 0 Å². The molecular formula is C21H33N3O2. The summed E-state index contributed by atoms with van der Waals surface area (Å²) in [6, 6.07) is 6.66. The van der Waals surface area contributed by atoms with Crippen molar-refractivity contribution in [3.05, 3.63) is 34.9 Å². The Hall–Kier alpha value is -1.88. The van der Waals surface area contributed by atoms with Crippen LogP contribution < -0.4 is 10.6 Å². The molecule has 2 amide bonds. The molecule has 0 aliphatic heterocycles. The fourth-order valence-corrected chi connectivity index (χ4v) is 3.45. The van der Waals surface area contributed by atoms with Crippen LogP contribution in [0.2, 0.25) is 0 Å². The number of fused-ring (bicyclic) bond motifs is 1. The predicted molar refractivity (Wildman–Crippen MR) is 105 cm³/mol. The number of carbonyl (C=O) groups excluding carboxylic acids is 2. The van der Waals surface area contributed by atoms with Crippen LogP contribution in [-0.4, -0.2) is 42.4 Å². The molecule has 0 radical (unpaired) electrons. The molecule has 26 heavy (non-hydrogen) atoms. The van der Waals surface area contributed by atoms with E-state index in [4.69, 9.17) is 0 Å². The third-order valence-corrected chi connectivity index (χ3v) is 4.88. The molecule has 0 heterocycles. The average Bonchev–Trinajstić information content (AvgIpc) is 2.59. The number of likely N-dealkylation sites (N-methyl/N-ethyl adjacent to an activating group) is 1. The van der Waals surface area contributed by atoms with Crippen molar-refractivity contribution in [2.75, 3.05) is 19.6 Å². The zero-order valence-electron chi connectivity index (χ0n) is 16.6. The quantitative estimate of drug-likeness (QED) is 0.750. The van der Waals surface area contributed by atoms with Gasteiger partial charge in [0.1, 0.15) is 0 Å². The molecule has 0 aromatic heterocycles. The first-order chi connectivity index (χ1) is 12.4. The van der Waals surface area contributed by atoms with E-state index >= 15 is 0 Å². The molecule has 1 aliphatic carbocycles. The predicted octanol–water partition coefficient (Wildman–Crippen LogP) is 2.59. The third kappa shape index (κ3) is 6.13. The Morgan fingerprint density at radius 3 is 2.23 bits per heavy atom. The topological polar surface area (TPSA) is 61.4 Å². The smallest absolute Gasteiger partial charge is 0.234 e. The second-order valence-corrected chi connectivity index (χ2v) is 7.55. The highest BCUT2D eigenvalue weighted by Gasteiger charge is 2.17. The molecule has 1 aromatic rings. The van der Waals surface area contributed by atoms with Crippen molar-refractivity contribution in [1.82, 2.24) is 15.5 Å². The number of amides is 2. The SMILES string of the molecule is CCN(CC(=O)NC(C)C)CC(=O)NC(C)c1ccc2c(c1)CCCC2. The molecule has 0 saturated heterocycles. The number of aryl methyl sites for hydroxylation is 2. The number of carbonyl (C=O) groups is 2. The summed E-state index contributed by atoms with van der Waals surface area (Å²) in [7, 11) is 0. The summed E-state index contributed by atoms with van der Waals surface area (Å²) in [5.41, 5.74) is 4.03. The summed E-state index contributed by atoms with van der Waals surface area (Å²) in [4.78, 5) is 26.2. The van der Waals surface area contributed by atoms with Crippen LogP contribution in [0.4, 0.5) is 0 Å². The van der Waals surface area contributed by atoms with Crippen molar-refractivity contribution in [3.8, 4) is 0 Å². The van der Waals surface area contributed by atoms with Gasteiger partial charge < -0.3 is 10.6 Å². The lowest BCUT2D eigenvalue weighted by atomic mass is 9.89. The van der Waals surface area contributed by atoms with Crippen molar-refractivity contribution in [2.24, 2.45) is 0 Å². The molecule has 1 aromatic carbocycles. The van der Waals surface area contributed by atoms with E-state index in [9.17, 15) is 9.59 Å². The minimum absolute atomic E-state index is 0.0297. The number of rotatable bonds is 8. The number of benzene rings is 1. The molecule has 1 aliphatic rings. The summed E-state index contributed by atoms with van der Waals surface area (Å²) in [6.07, 6.45) is 4.83.